The molecule has 0 bridgehead atoms. The minimum atomic E-state index is -0.500. The summed E-state index contributed by atoms with van der Waals surface area (Å²) in [5.41, 5.74) is 0.186. The molecule has 0 aromatic heterocycles. The minimum Gasteiger partial charge on any atom is -0.391 e. The molecule has 1 aliphatic heterocycles. The van der Waals surface area contributed by atoms with Crippen molar-refractivity contribution in [1.82, 2.24) is 16.0 Å². The molecule has 0 spiro atoms. The third kappa shape index (κ3) is 6.01. The quantitative estimate of drug-likeness (QED) is 0.544. The number of hydrogen-bond donors (Lipinski definition) is 4. The SMILES string of the molecule is Cl.O=C(CCNC(=O)c1cc(F)ccc1Br)NCC1CNCC1O. The summed E-state index contributed by atoms with van der Waals surface area (Å²) in [7, 11) is 0. The van der Waals surface area contributed by atoms with Gasteiger partial charge in [-0.25, -0.2) is 4.39 Å². The first-order valence-corrected chi connectivity index (χ1v) is 8.15. The smallest absolute Gasteiger partial charge is 0.252 e. The molecule has 2 unspecified atom stereocenters. The van der Waals surface area contributed by atoms with Crippen LogP contribution < -0.4 is 16.0 Å². The Balaban J connectivity index is 0.00000288. The molecule has 24 heavy (non-hydrogen) atoms. The summed E-state index contributed by atoms with van der Waals surface area (Å²) in [5, 5.41) is 18.0. The van der Waals surface area contributed by atoms with Crippen molar-refractivity contribution >= 4 is 40.2 Å². The van der Waals surface area contributed by atoms with E-state index >= 15 is 0 Å². The van der Waals surface area contributed by atoms with Gasteiger partial charge in [0.1, 0.15) is 5.82 Å². The lowest BCUT2D eigenvalue weighted by atomic mass is 10.1. The van der Waals surface area contributed by atoms with E-state index in [0.29, 0.717) is 24.1 Å². The Hall–Kier alpha value is -1.22. The predicted octanol–water partition coefficient (Wildman–Crippen LogP) is 0.826. The molecule has 0 aliphatic carbocycles. The summed E-state index contributed by atoms with van der Waals surface area (Å²) < 4.78 is 13.6. The van der Waals surface area contributed by atoms with Gasteiger partial charge in [-0.2, -0.15) is 0 Å². The van der Waals surface area contributed by atoms with Crippen LogP contribution in [0.4, 0.5) is 4.39 Å². The van der Waals surface area contributed by atoms with Crippen molar-refractivity contribution in [3.05, 3.63) is 34.1 Å². The Morgan fingerprint density at radius 3 is 2.75 bits per heavy atom. The van der Waals surface area contributed by atoms with Crippen LogP contribution >= 0.6 is 28.3 Å². The van der Waals surface area contributed by atoms with Crippen molar-refractivity contribution in [2.24, 2.45) is 5.92 Å². The van der Waals surface area contributed by atoms with Gasteiger partial charge in [0, 0.05) is 43.0 Å². The average Bonchev–Trinajstić information content (AvgIpc) is 2.92. The largest absolute Gasteiger partial charge is 0.391 e. The molecule has 4 N–H and O–H groups in total. The number of carbonyl (C=O) groups is 2. The van der Waals surface area contributed by atoms with Crippen LogP contribution in [0.2, 0.25) is 0 Å². The molecule has 2 atom stereocenters. The summed E-state index contributed by atoms with van der Waals surface area (Å²) in [6, 6.07) is 3.84. The molecule has 0 saturated carbocycles. The molecule has 1 fully saturated rings. The van der Waals surface area contributed by atoms with Crippen LogP contribution in [0.1, 0.15) is 16.8 Å². The zero-order chi connectivity index (χ0) is 16.8. The number of hydrogen-bond acceptors (Lipinski definition) is 4. The standard InChI is InChI=1S/C15H19BrFN3O3.ClH/c16-12-2-1-10(17)5-11(12)15(23)19-4-3-14(22)20-7-9-6-18-8-13(9)21;/h1-2,5,9,13,18,21H,3-4,6-8H2,(H,19,23)(H,20,22);1H. The van der Waals surface area contributed by atoms with E-state index in [2.05, 4.69) is 31.9 Å². The molecule has 1 heterocycles. The van der Waals surface area contributed by atoms with Crippen molar-refractivity contribution < 1.29 is 19.1 Å². The molecular weight excluding hydrogens is 405 g/mol. The van der Waals surface area contributed by atoms with E-state index in [9.17, 15) is 19.1 Å². The van der Waals surface area contributed by atoms with E-state index in [1.165, 1.54) is 12.1 Å². The fourth-order valence-corrected chi connectivity index (χ4v) is 2.74. The number of halogens is 3. The van der Waals surface area contributed by atoms with Gasteiger partial charge in [-0.15, -0.1) is 12.4 Å². The molecule has 0 radical (unpaired) electrons. The fraction of sp³-hybridized carbons (Fsp3) is 0.467. The van der Waals surface area contributed by atoms with E-state index in [1.807, 2.05) is 0 Å². The second-order valence-electron chi connectivity index (χ2n) is 5.42. The molecule has 1 aromatic carbocycles. The number of rotatable bonds is 6. The molecule has 1 saturated heterocycles. The second kappa shape index (κ2) is 9.93. The fourth-order valence-electron chi connectivity index (χ4n) is 2.32. The van der Waals surface area contributed by atoms with E-state index in [1.54, 1.807) is 0 Å². The van der Waals surface area contributed by atoms with Gasteiger partial charge in [0.25, 0.3) is 5.91 Å². The topological polar surface area (TPSA) is 90.5 Å². The van der Waals surface area contributed by atoms with E-state index < -0.39 is 17.8 Å². The first-order chi connectivity index (χ1) is 11.0. The highest BCUT2D eigenvalue weighted by Crippen LogP contribution is 2.17. The van der Waals surface area contributed by atoms with Gasteiger partial charge in [-0.05, 0) is 34.1 Å². The number of carbonyl (C=O) groups excluding carboxylic acids is 2. The van der Waals surface area contributed by atoms with Crippen LogP contribution in [0.3, 0.4) is 0 Å². The highest BCUT2D eigenvalue weighted by molar-refractivity contribution is 9.10. The lowest BCUT2D eigenvalue weighted by Gasteiger charge is -2.14. The molecular formula is C15H20BrClFN3O3. The van der Waals surface area contributed by atoms with Gasteiger partial charge in [0.05, 0.1) is 11.7 Å². The van der Waals surface area contributed by atoms with Crippen molar-refractivity contribution in [3.63, 3.8) is 0 Å². The molecule has 6 nitrogen and oxygen atoms in total. The van der Waals surface area contributed by atoms with Crippen molar-refractivity contribution in [2.75, 3.05) is 26.2 Å². The Kier molecular flexibility index (Phi) is 8.61. The van der Waals surface area contributed by atoms with Gasteiger partial charge in [0.15, 0.2) is 0 Å². The Morgan fingerprint density at radius 1 is 1.33 bits per heavy atom. The maximum Gasteiger partial charge on any atom is 0.252 e. The highest BCUT2D eigenvalue weighted by atomic mass is 79.9. The van der Waals surface area contributed by atoms with Crippen LogP contribution in [0, 0.1) is 11.7 Å². The van der Waals surface area contributed by atoms with E-state index in [-0.39, 0.29) is 42.8 Å². The number of benzene rings is 1. The Bertz CT molecular complexity index is 591. The Labute approximate surface area is 154 Å². The van der Waals surface area contributed by atoms with Crippen LogP contribution in [-0.4, -0.2) is 49.2 Å². The van der Waals surface area contributed by atoms with Gasteiger partial charge >= 0.3 is 0 Å². The predicted molar refractivity (Wildman–Crippen MR) is 93.7 cm³/mol. The Morgan fingerprint density at radius 2 is 2.08 bits per heavy atom. The first kappa shape index (κ1) is 20.8. The third-order valence-electron chi connectivity index (χ3n) is 3.68. The summed E-state index contributed by atoms with van der Waals surface area (Å²) in [6.45, 7) is 1.76. The van der Waals surface area contributed by atoms with Crippen LogP contribution in [0.15, 0.2) is 22.7 Å². The van der Waals surface area contributed by atoms with Gasteiger partial charge < -0.3 is 21.1 Å². The van der Waals surface area contributed by atoms with Gasteiger partial charge in [0.2, 0.25) is 5.91 Å². The van der Waals surface area contributed by atoms with Gasteiger partial charge in [-0.3, -0.25) is 9.59 Å². The van der Waals surface area contributed by atoms with Gasteiger partial charge in [-0.1, -0.05) is 0 Å². The summed E-state index contributed by atoms with van der Waals surface area (Å²) in [4.78, 5) is 23.6. The second-order valence-corrected chi connectivity index (χ2v) is 6.27. The third-order valence-corrected chi connectivity index (χ3v) is 4.37. The maximum absolute atomic E-state index is 13.1. The average molecular weight is 425 g/mol. The maximum atomic E-state index is 13.1. The lowest BCUT2D eigenvalue weighted by Crippen LogP contribution is -2.36. The van der Waals surface area contributed by atoms with Crippen molar-refractivity contribution in [2.45, 2.75) is 12.5 Å². The van der Waals surface area contributed by atoms with Crippen molar-refractivity contribution in [3.8, 4) is 0 Å². The number of aliphatic hydroxyl groups excluding tert-OH is 1. The number of aliphatic hydroxyl groups is 1. The zero-order valence-electron chi connectivity index (χ0n) is 12.9. The van der Waals surface area contributed by atoms with Crippen LogP contribution in [-0.2, 0) is 4.79 Å². The lowest BCUT2D eigenvalue weighted by molar-refractivity contribution is -0.121. The molecule has 2 amide bonds. The zero-order valence-corrected chi connectivity index (χ0v) is 15.3. The van der Waals surface area contributed by atoms with Crippen LogP contribution in [0.5, 0.6) is 0 Å². The summed E-state index contributed by atoms with van der Waals surface area (Å²) in [5.74, 6) is -1.14. The summed E-state index contributed by atoms with van der Waals surface area (Å²) >= 11 is 3.18. The molecule has 2 rings (SSSR count). The van der Waals surface area contributed by atoms with E-state index in [0.717, 1.165) is 6.07 Å². The highest BCUT2D eigenvalue weighted by Gasteiger charge is 2.24. The normalized spacial score (nSPS) is 19.5. The molecule has 1 aliphatic rings. The van der Waals surface area contributed by atoms with E-state index in [4.69, 9.17) is 0 Å². The molecule has 9 heteroatoms. The minimum absolute atomic E-state index is 0. The van der Waals surface area contributed by atoms with Crippen molar-refractivity contribution in [1.29, 1.82) is 0 Å². The number of amides is 2. The molecule has 1 aromatic rings. The first-order valence-electron chi connectivity index (χ1n) is 7.36. The summed E-state index contributed by atoms with van der Waals surface area (Å²) in [6.07, 6.45) is -0.324. The van der Waals surface area contributed by atoms with Crippen LogP contribution in [0.25, 0.3) is 0 Å². The monoisotopic (exact) mass is 423 g/mol. The number of β-amino-alcohol motifs (C(OH)–C–C–N with tert-alkyl or cyclic N) is 1. The molecule has 134 valence electrons. The number of nitrogens with one attached hydrogen (secondary N) is 3.